The molecule has 0 saturated carbocycles. The van der Waals surface area contributed by atoms with Crippen molar-refractivity contribution in [2.24, 2.45) is 0 Å². The maximum absolute atomic E-state index is 15.0. The van der Waals surface area contributed by atoms with Gasteiger partial charge in [0.05, 0.1) is 20.4 Å². The number of carbonyl (C=O) groups excluding carboxylic acids is 1. The van der Waals surface area contributed by atoms with Crippen molar-refractivity contribution in [2.75, 3.05) is 0 Å². The molecule has 0 saturated heterocycles. The molecule has 0 aliphatic carbocycles. The molecular weight excluding hydrogens is 504 g/mol. The van der Waals surface area contributed by atoms with E-state index in [0.29, 0.717) is 5.39 Å². The minimum atomic E-state index is -3.95. The van der Waals surface area contributed by atoms with Crippen molar-refractivity contribution in [3.63, 3.8) is 0 Å². The van der Waals surface area contributed by atoms with Crippen molar-refractivity contribution in [1.82, 2.24) is 3.97 Å². The van der Waals surface area contributed by atoms with Gasteiger partial charge in [0.15, 0.2) is 17.3 Å². The second-order valence-electron chi connectivity index (χ2n) is 7.16. The molecule has 3 aromatic carbocycles. The predicted molar refractivity (Wildman–Crippen MR) is 120 cm³/mol. The Morgan fingerprint density at radius 3 is 2.34 bits per heavy atom. The van der Waals surface area contributed by atoms with E-state index in [2.05, 4.69) is 15.9 Å². The monoisotopic (exact) mass is 519 g/mol. The molecule has 4 rings (SSSR count). The third-order valence-corrected chi connectivity index (χ3v) is 7.41. The molecule has 0 atom stereocenters. The van der Waals surface area contributed by atoms with Gasteiger partial charge in [0.2, 0.25) is 0 Å². The first kappa shape index (κ1) is 22.2. The van der Waals surface area contributed by atoms with Crippen LogP contribution in [0.5, 0.6) is 11.5 Å². The maximum atomic E-state index is 15.0. The van der Waals surface area contributed by atoms with Crippen molar-refractivity contribution in [1.29, 1.82) is 0 Å². The molecule has 0 radical (unpaired) electrons. The lowest BCUT2D eigenvalue weighted by Crippen LogP contribution is -2.12. The molecule has 1 heterocycles. The lowest BCUT2D eigenvalue weighted by atomic mass is 10.1. The van der Waals surface area contributed by atoms with Gasteiger partial charge >= 0.3 is 0 Å². The van der Waals surface area contributed by atoms with Crippen LogP contribution in [-0.4, -0.2) is 18.2 Å². The summed E-state index contributed by atoms with van der Waals surface area (Å²) >= 11 is 3.28. The van der Waals surface area contributed by atoms with Gasteiger partial charge in [-0.05, 0) is 66.2 Å². The van der Waals surface area contributed by atoms with E-state index in [0.717, 1.165) is 21.7 Å². The Labute approximate surface area is 191 Å². The van der Waals surface area contributed by atoms with Crippen molar-refractivity contribution in [3.05, 3.63) is 88.0 Å². The fourth-order valence-electron chi connectivity index (χ4n) is 3.25. The predicted octanol–water partition coefficient (Wildman–Crippen LogP) is 6.22. The molecule has 0 bridgehead atoms. The van der Waals surface area contributed by atoms with Gasteiger partial charge in [-0.1, -0.05) is 17.7 Å². The van der Waals surface area contributed by atoms with E-state index in [1.165, 1.54) is 43.5 Å². The van der Waals surface area contributed by atoms with Gasteiger partial charge in [-0.15, -0.1) is 0 Å². The molecule has 0 aliphatic rings. The Morgan fingerprint density at radius 1 is 1.00 bits per heavy atom. The topological polar surface area (TPSA) is 65.4 Å². The van der Waals surface area contributed by atoms with Crippen molar-refractivity contribution in [3.8, 4) is 11.5 Å². The third kappa shape index (κ3) is 3.82. The van der Waals surface area contributed by atoms with E-state index in [1.807, 2.05) is 6.92 Å². The van der Waals surface area contributed by atoms with Gasteiger partial charge in [0.1, 0.15) is 11.6 Å². The van der Waals surface area contributed by atoms with Crippen LogP contribution in [0.2, 0.25) is 0 Å². The van der Waals surface area contributed by atoms with Crippen LogP contribution >= 0.6 is 15.9 Å². The fraction of sp³-hybridized carbons (Fsp3) is 0.0870. The molecule has 0 aliphatic heterocycles. The van der Waals surface area contributed by atoms with E-state index in [9.17, 15) is 17.6 Å². The summed E-state index contributed by atoms with van der Waals surface area (Å²) in [6.07, 6.45) is 1.33. The van der Waals surface area contributed by atoms with Crippen molar-refractivity contribution < 1.29 is 26.7 Å². The summed E-state index contributed by atoms with van der Waals surface area (Å²) < 4.78 is 61.7. The van der Waals surface area contributed by atoms with Crippen LogP contribution in [0.15, 0.2) is 70.2 Å². The van der Waals surface area contributed by atoms with Crippen LogP contribution < -0.4 is 4.74 Å². The zero-order valence-electron chi connectivity index (χ0n) is 16.9. The Bertz CT molecular complexity index is 1480. The number of aromatic nitrogens is 1. The summed E-state index contributed by atoms with van der Waals surface area (Å²) in [5.74, 6) is -2.21. The average molecular weight is 520 g/mol. The first-order valence-corrected chi connectivity index (χ1v) is 11.6. The molecule has 0 spiro atoms. The number of halogens is 3. The largest absolute Gasteiger partial charge is 0.453 e. The Hall–Kier alpha value is -3.04. The molecule has 4 aromatic rings. The Morgan fingerprint density at radius 2 is 1.69 bits per heavy atom. The van der Waals surface area contributed by atoms with E-state index in [1.54, 1.807) is 12.1 Å². The highest BCUT2D eigenvalue weighted by atomic mass is 79.9. The SMILES string of the molecule is CC(=O)c1cc(Oc2c(F)cc3c(ccn3S(=O)(=O)c3ccc(C)cc3)c2Br)ccc1F. The minimum absolute atomic E-state index is 0.0576. The first-order valence-electron chi connectivity index (χ1n) is 9.39. The number of carbonyl (C=O) groups is 1. The molecule has 0 unspecified atom stereocenters. The number of fused-ring (bicyclic) bond motifs is 1. The molecule has 9 heteroatoms. The molecule has 32 heavy (non-hydrogen) atoms. The number of hydrogen-bond acceptors (Lipinski definition) is 4. The summed E-state index contributed by atoms with van der Waals surface area (Å²) in [5, 5.41) is 0.394. The van der Waals surface area contributed by atoms with E-state index in [4.69, 9.17) is 4.74 Å². The zero-order chi connectivity index (χ0) is 23.2. The van der Waals surface area contributed by atoms with Crippen LogP contribution in [-0.2, 0) is 10.0 Å². The maximum Gasteiger partial charge on any atom is 0.268 e. The number of Topliss-reactive ketones (excluding diaryl/α,β-unsaturated/α-hetero) is 1. The Kier molecular flexibility index (Phi) is 5.64. The van der Waals surface area contributed by atoms with Gasteiger partial charge in [0.25, 0.3) is 10.0 Å². The molecule has 0 amide bonds. The highest BCUT2D eigenvalue weighted by Gasteiger charge is 2.23. The quantitative estimate of drug-likeness (QED) is 0.293. The molecule has 5 nitrogen and oxygen atoms in total. The average Bonchev–Trinajstić information content (AvgIpc) is 3.17. The first-order chi connectivity index (χ1) is 15.1. The standard InChI is InChI=1S/C23H16BrF2NO4S/c1-13-3-6-16(7-4-13)32(29,30)27-10-9-17-21(27)12-20(26)23(22(17)24)31-15-5-8-19(25)18(11-15)14(2)28/h3-12H,1-2H3. The lowest BCUT2D eigenvalue weighted by Gasteiger charge is -2.13. The van der Waals surface area contributed by atoms with Crippen LogP contribution in [0.25, 0.3) is 10.9 Å². The highest BCUT2D eigenvalue weighted by molar-refractivity contribution is 9.10. The van der Waals surface area contributed by atoms with Crippen LogP contribution in [0, 0.1) is 18.6 Å². The Balaban J connectivity index is 1.80. The highest BCUT2D eigenvalue weighted by Crippen LogP contribution is 2.40. The summed E-state index contributed by atoms with van der Waals surface area (Å²) in [7, 11) is -3.95. The number of nitrogens with zero attached hydrogens (tertiary/aromatic N) is 1. The van der Waals surface area contributed by atoms with Gasteiger partial charge in [0, 0.05) is 17.6 Å². The van der Waals surface area contributed by atoms with Gasteiger partial charge in [-0.2, -0.15) is 0 Å². The number of ketones is 1. The van der Waals surface area contributed by atoms with Gasteiger partial charge in [-0.25, -0.2) is 21.2 Å². The minimum Gasteiger partial charge on any atom is -0.453 e. The second kappa shape index (κ2) is 8.14. The normalized spacial score (nSPS) is 11.7. The molecule has 164 valence electrons. The summed E-state index contributed by atoms with van der Waals surface area (Å²) in [6.45, 7) is 3.05. The summed E-state index contributed by atoms with van der Waals surface area (Å²) in [5.41, 5.74) is 0.840. The number of hydrogen-bond donors (Lipinski definition) is 0. The number of rotatable bonds is 5. The zero-order valence-corrected chi connectivity index (χ0v) is 19.3. The summed E-state index contributed by atoms with van der Waals surface area (Å²) in [6, 6.07) is 12.4. The number of ether oxygens (including phenoxy) is 1. The molecule has 1 aromatic heterocycles. The van der Waals surface area contributed by atoms with E-state index in [-0.39, 0.29) is 31.9 Å². The lowest BCUT2D eigenvalue weighted by molar-refractivity contribution is 0.101. The van der Waals surface area contributed by atoms with Crippen molar-refractivity contribution in [2.45, 2.75) is 18.7 Å². The van der Waals surface area contributed by atoms with Gasteiger partial charge in [-0.3, -0.25) is 4.79 Å². The summed E-state index contributed by atoms with van der Waals surface area (Å²) in [4.78, 5) is 11.6. The fourth-order valence-corrected chi connectivity index (χ4v) is 5.19. The van der Waals surface area contributed by atoms with E-state index >= 15 is 4.39 Å². The molecule has 0 fully saturated rings. The van der Waals surface area contributed by atoms with Crippen LogP contribution in [0.4, 0.5) is 8.78 Å². The molecular formula is C23H16BrF2NO4S. The van der Waals surface area contributed by atoms with Gasteiger partial charge < -0.3 is 4.74 Å². The molecule has 0 N–H and O–H groups in total. The number of aryl methyl sites for hydroxylation is 1. The van der Waals surface area contributed by atoms with Crippen LogP contribution in [0.3, 0.4) is 0 Å². The van der Waals surface area contributed by atoms with Crippen LogP contribution in [0.1, 0.15) is 22.8 Å². The number of benzene rings is 3. The third-order valence-electron chi connectivity index (χ3n) is 4.92. The van der Waals surface area contributed by atoms with E-state index < -0.39 is 27.4 Å². The van der Waals surface area contributed by atoms with Crippen molar-refractivity contribution >= 4 is 42.6 Å². The second-order valence-corrected chi connectivity index (χ2v) is 9.77. The smallest absolute Gasteiger partial charge is 0.268 e.